The molecule has 0 radical (unpaired) electrons. The van der Waals surface area contributed by atoms with Crippen LogP contribution in [0, 0.1) is 24.7 Å². The van der Waals surface area contributed by atoms with E-state index < -0.39 is 0 Å². The molecule has 0 unspecified atom stereocenters. The molecule has 0 aliphatic rings. The SMILES string of the molecule is C#Cc1cc[nH]c1C#C. The summed E-state index contributed by atoms with van der Waals surface area (Å²) in [5.74, 6) is 4.88. The first-order valence-electron chi connectivity index (χ1n) is 2.49. The molecule has 1 aromatic rings. The zero-order valence-electron chi connectivity index (χ0n) is 4.81. The van der Waals surface area contributed by atoms with Crippen molar-refractivity contribution >= 4 is 0 Å². The van der Waals surface area contributed by atoms with Gasteiger partial charge in [-0.05, 0) is 6.07 Å². The zero-order chi connectivity index (χ0) is 6.69. The van der Waals surface area contributed by atoms with Crippen molar-refractivity contribution in [3.63, 3.8) is 0 Å². The van der Waals surface area contributed by atoms with Gasteiger partial charge in [0.1, 0.15) is 5.69 Å². The van der Waals surface area contributed by atoms with E-state index in [9.17, 15) is 0 Å². The number of terminal acetylenes is 2. The molecule has 0 saturated carbocycles. The van der Waals surface area contributed by atoms with Crippen LogP contribution in [0.2, 0.25) is 0 Å². The number of hydrogen-bond acceptors (Lipinski definition) is 0. The highest BCUT2D eigenvalue weighted by molar-refractivity contribution is 5.44. The number of hydrogen-bond donors (Lipinski definition) is 1. The molecule has 0 atom stereocenters. The highest BCUT2D eigenvalue weighted by Crippen LogP contribution is 2.00. The van der Waals surface area contributed by atoms with Gasteiger partial charge in [-0.2, -0.15) is 0 Å². The summed E-state index contributed by atoms with van der Waals surface area (Å²) in [6.45, 7) is 0. The lowest BCUT2D eigenvalue weighted by atomic mass is 10.3. The molecule has 9 heavy (non-hydrogen) atoms. The molecule has 42 valence electrons. The van der Waals surface area contributed by atoms with Gasteiger partial charge in [-0.3, -0.25) is 0 Å². The Morgan fingerprint density at radius 3 is 2.56 bits per heavy atom. The van der Waals surface area contributed by atoms with Gasteiger partial charge in [0.15, 0.2) is 0 Å². The zero-order valence-corrected chi connectivity index (χ0v) is 4.81. The van der Waals surface area contributed by atoms with Gasteiger partial charge in [-0.1, -0.05) is 11.8 Å². The number of aromatic amines is 1. The lowest BCUT2D eigenvalue weighted by Gasteiger charge is -1.80. The predicted octanol–water partition coefficient (Wildman–Crippen LogP) is 0.977. The van der Waals surface area contributed by atoms with Crippen molar-refractivity contribution in [3.05, 3.63) is 23.5 Å². The standard InChI is InChI=1S/C8H5N/c1-3-7-5-6-9-8(7)4-2/h1-2,5-6,9H. The minimum Gasteiger partial charge on any atom is -0.354 e. The van der Waals surface area contributed by atoms with E-state index in [-0.39, 0.29) is 0 Å². The summed E-state index contributed by atoms with van der Waals surface area (Å²) in [6, 6.07) is 1.77. The van der Waals surface area contributed by atoms with Crippen LogP contribution in [0.25, 0.3) is 0 Å². The fourth-order valence-electron chi connectivity index (χ4n) is 0.609. The van der Waals surface area contributed by atoms with E-state index in [1.807, 2.05) is 0 Å². The summed E-state index contributed by atoms with van der Waals surface area (Å²) in [5, 5.41) is 0. The Balaban J connectivity index is 3.22. The minimum absolute atomic E-state index is 0.678. The fraction of sp³-hybridized carbons (Fsp3) is 0. The van der Waals surface area contributed by atoms with Crippen LogP contribution in [-0.2, 0) is 0 Å². The maximum Gasteiger partial charge on any atom is 0.105 e. The van der Waals surface area contributed by atoms with E-state index in [2.05, 4.69) is 16.8 Å². The largest absolute Gasteiger partial charge is 0.354 e. The van der Waals surface area contributed by atoms with Crippen molar-refractivity contribution in [2.45, 2.75) is 0 Å². The molecule has 0 fully saturated rings. The van der Waals surface area contributed by atoms with E-state index in [1.54, 1.807) is 12.3 Å². The molecule has 1 nitrogen and oxygen atoms in total. The summed E-state index contributed by atoms with van der Waals surface area (Å²) in [7, 11) is 0. The minimum atomic E-state index is 0.678. The molecule has 0 aromatic carbocycles. The highest BCUT2D eigenvalue weighted by Gasteiger charge is 1.93. The van der Waals surface area contributed by atoms with E-state index in [0.29, 0.717) is 5.69 Å². The van der Waals surface area contributed by atoms with Gasteiger partial charge in [0, 0.05) is 6.20 Å². The number of H-pyrrole nitrogens is 1. The highest BCUT2D eigenvalue weighted by atomic mass is 14.7. The van der Waals surface area contributed by atoms with Gasteiger partial charge in [0.05, 0.1) is 5.56 Å². The van der Waals surface area contributed by atoms with Crippen molar-refractivity contribution in [2.24, 2.45) is 0 Å². The second kappa shape index (κ2) is 2.11. The molecule has 1 N–H and O–H groups in total. The third-order valence-corrected chi connectivity index (χ3v) is 1.05. The van der Waals surface area contributed by atoms with Gasteiger partial charge in [0.2, 0.25) is 0 Å². The molecule has 1 heterocycles. The summed E-state index contributed by atoms with van der Waals surface area (Å²) >= 11 is 0. The van der Waals surface area contributed by atoms with Gasteiger partial charge in [0.25, 0.3) is 0 Å². The van der Waals surface area contributed by atoms with E-state index >= 15 is 0 Å². The lowest BCUT2D eigenvalue weighted by molar-refractivity contribution is 1.36. The molecule has 1 rings (SSSR count). The summed E-state index contributed by atoms with van der Waals surface area (Å²) < 4.78 is 0. The number of rotatable bonds is 0. The molecule has 0 amide bonds. The average molecular weight is 115 g/mol. The molecule has 1 aromatic heterocycles. The van der Waals surface area contributed by atoms with Gasteiger partial charge in [-0.15, -0.1) is 12.8 Å². The van der Waals surface area contributed by atoms with Gasteiger partial charge in [-0.25, -0.2) is 0 Å². The number of nitrogens with one attached hydrogen (secondary N) is 1. The molecular formula is C8H5N. The first kappa shape index (κ1) is 5.54. The first-order chi connectivity index (χ1) is 4.38. The Labute approximate surface area is 54.1 Å². The molecule has 0 saturated heterocycles. The number of aromatic nitrogens is 1. The Bertz CT molecular complexity index is 252. The van der Waals surface area contributed by atoms with Crippen molar-refractivity contribution < 1.29 is 0 Å². The van der Waals surface area contributed by atoms with Crippen molar-refractivity contribution in [1.82, 2.24) is 4.98 Å². The summed E-state index contributed by atoms with van der Waals surface area (Å²) in [6.07, 6.45) is 11.9. The van der Waals surface area contributed by atoms with Crippen molar-refractivity contribution in [2.75, 3.05) is 0 Å². The lowest BCUT2D eigenvalue weighted by Crippen LogP contribution is -1.75. The average Bonchev–Trinajstić information content (AvgIpc) is 2.33. The van der Waals surface area contributed by atoms with Crippen LogP contribution in [0.4, 0.5) is 0 Å². The Morgan fingerprint density at radius 2 is 2.11 bits per heavy atom. The van der Waals surface area contributed by atoms with Crippen molar-refractivity contribution in [1.29, 1.82) is 0 Å². The van der Waals surface area contributed by atoms with Crippen LogP contribution in [0.3, 0.4) is 0 Å². The first-order valence-corrected chi connectivity index (χ1v) is 2.49. The van der Waals surface area contributed by atoms with E-state index in [0.717, 1.165) is 5.56 Å². The van der Waals surface area contributed by atoms with Crippen LogP contribution in [0.5, 0.6) is 0 Å². The maximum atomic E-state index is 5.11. The monoisotopic (exact) mass is 115 g/mol. The van der Waals surface area contributed by atoms with Gasteiger partial charge < -0.3 is 4.98 Å². The summed E-state index contributed by atoms with van der Waals surface area (Å²) in [4.78, 5) is 2.83. The third-order valence-electron chi connectivity index (χ3n) is 1.05. The fourth-order valence-corrected chi connectivity index (χ4v) is 0.609. The van der Waals surface area contributed by atoms with E-state index in [4.69, 9.17) is 12.8 Å². The molecular weight excluding hydrogens is 110 g/mol. The second-order valence-electron chi connectivity index (χ2n) is 1.56. The normalized spacial score (nSPS) is 7.78. The smallest absolute Gasteiger partial charge is 0.105 e. The molecule has 0 aliphatic carbocycles. The van der Waals surface area contributed by atoms with Crippen LogP contribution in [0.15, 0.2) is 12.3 Å². The predicted molar refractivity (Wildman–Crippen MR) is 36.7 cm³/mol. The van der Waals surface area contributed by atoms with Gasteiger partial charge >= 0.3 is 0 Å². The molecule has 1 heteroatoms. The Kier molecular flexibility index (Phi) is 1.30. The molecule has 0 spiro atoms. The molecule has 0 aliphatic heterocycles. The maximum absolute atomic E-state index is 5.11. The van der Waals surface area contributed by atoms with Crippen LogP contribution >= 0.6 is 0 Å². The Hall–Kier alpha value is -1.60. The quantitative estimate of drug-likeness (QED) is 0.485. The summed E-state index contributed by atoms with van der Waals surface area (Å²) in [5.41, 5.74) is 1.43. The van der Waals surface area contributed by atoms with Crippen LogP contribution in [-0.4, -0.2) is 4.98 Å². The van der Waals surface area contributed by atoms with E-state index in [1.165, 1.54) is 0 Å². The van der Waals surface area contributed by atoms with Crippen LogP contribution < -0.4 is 0 Å². The van der Waals surface area contributed by atoms with Crippen LogP contribution in [0.1, 0.15) is 11.3 Å². The topological polar surface area (TPSA) is 15.8 Å². The molecule has 0 bridgehead atoms. The third kappa shape index (κ3) is 0.806. The second-order valence-corrected chi connectivity index (χ2v) is 1.56. The Morgan fingerprint density at radius 1 is 1.33 bits per heavy atom. The van der Waals surface area contributed by atoms with Crippen molar-refractivity contribution in [3.8, 4) is 24.7 Å².